The van der Waals surface area contributed by atoms with Gasteiger partial charge in [-0.25, -0.2) is 8.42 Å². The summed E-state index contributed by atoms with van der Waals surface area (Å²) < 4.78 is 25.0. The van der Waals surface area contributed by atoms with Gasteiger partial charge < -0.3 is 4.90 Å². The summed E-state index contributed by atoms with van der Waals surface area (Å²) in [6.45, 7) is 2.13. The minimum absolute atomic E-state index is 0.156. The Balaban J connectivity index is 2.86. The van der Waals surface area contributed by atoms with Gasteiger partial charge in [-0.05, 0) is 6.42 Å². The van der Waals surface area contributed by atoms with Crippen molar-refractivity contribution in [3.05, 3.63) is 0 Å². The average Bonchev–Trinajstić information content (AvgIpc) is 2.23. The fourth-order valence-electron chi connectivity index (χ4n) is 1.50. The number of carbonyl (C=O) groups excluding carboxylic acids is 1. The van der Waals surface area contributed by atoms with Crippen LogP contribution in [0, 0.1) is 11.3 Å². The molecule has 90 valence electrons. The number of piperazine rings is 1. The van der Waals surface area contributed by atoms with Crippen molar-refractivity contribution < 1.29 is 13.2 Å². The summed E-state index contributed by atoms with van der Waals surface area (Å²) in [5, 5.41) is 7.71. The van der Waals surface area contributed by atoms with Gasteiger partial charge in [0.1, 0.15) is 0 Å². The highest BCUT2D eigenvalue weighted by Gasteiger charge is 2.35. The number of nitrogens with zero attached hydrogens (tertiary/aromatic N) is 3. The molecule has 0 spiro atoms. The maximum atomic E-state index is 11.9. The van der Waals surface area contributed by atoms with Crippen molar-refractivity contribution in [1.82, 2.24) is 9.21 Å². The molecule has 6 nitrogen and oxygen atoms in total. The van der Waals surface area contributed by atoms with Crippen molar-refractivity contribution >= 4 is 15.9 Å². The van der Waals surface area contributed by atoms with Crippen molar-refractivity contribution in [2.24, 2.45) is 0 Å². The van der Waals surface area contributed by atoms with Gasteiger partial charge in [-0.15, -0.1) is 0 Å². The van der Waals surface area contributed by atoms with Gasteiger partial charge in [0.15, 0.2) is 5.25 Å². The molecule has 1 fully saturated rings. The number of amides is 1. The van der Waals surface area contributed by atoms with Crippen LogP contribution >= 0.6 is 0 Å². The Morgan fingerprint density at radius 3 is 2.56 bits per heavy atom. The zero-order valence-corrected chi connectivity index (χ0v) is 10.2. The summed E-state index contributed by atoms with van der Waals surface area (Å²) in [5.41, 5.74) is 0. The van der Waals surface area contributed by atoms with Gasteiger partial charge >= 0.3 is 0 Å². The van der Waals surface area contributed by atoms with Crippen LogP contribution in [0.3, 0.4) is 0 Å². The van der Waals surface area contributed by atoms with Gasteiger partial charge in [0.2, 0.25) is 15.9 Å². The first-order chi connectivity index (χ1) is 7.43. The number of carbonyl (C=O) groups is 1. The van der Waals surface area contributed by atoms with Crippen LogP contribution in [0.1, 0.15) is 13.3 Å². The fourth-order valence-corrected chi connectivity index (χ4v) is 3.04. The zero-order chi connectivity index (χ0) is 12.3. The number of sulfonamides is 1. The van der Waals surface area contributed by atoms with Gasteiger partial charge in [0.25, 0.3) is 0 Å². The summed E-state index contributed by atoms with van der Waals surface area (Å²) in [6, 6.07) is 1.76. The Hall–Kier alpha value is -1.13. The summed E-state index contributed by atoms with van der Waals surface area (Å²) in [5.74, 6) is -0.234. The molecule has 1 atom stereocenters. The average molecular weight is 245 g/mol. The Bertz CT molecular complexity index is 412. The smallest absolute Gasteiger partial charge is 0.237 e. The molecule has 0 N–H and O–H groups in total. The van der Waals surface area contributed by atoms with Crippen LogP contribution in [-0.2, 0) is 14.8 Å². The molecule has 1 aliphatic rings. The van der Waals surface area contributed by atoms with E-state index in [0.29, 0.717) is 6.54 Å². The molecule has 1 amide bonds. The van der Waals surface area contributed by atoms with Gasteiger partial charge in [0, 0.05) is 20.1 Å². The standard InChI is InChI=1S/C9H15N3O3S/c1-3-8(6-10)16(14,15)12-5-4-11(2)9(13)7-12/h8H,3-5,7H2,1-2H3. The minimum atomic E-state index is -3.66. The molecule has 1 unspecified atom stereocenters. The largest absolute Gasteiger partial charge is 0.343 e. The van der Waals surface area contributed by atoms with E-state index >= 15 is 0 Å². The molecule has 16 heavy (non-hydrogen) atoms. The lowest BCUT2D eigenvalue weighted by Gasteiger charge is -2.32. The van der Waals surface area contributed by atoms with Crippen LogP contribution in [0.25, 0.3) is 0 Å². The topological polar surface area (TPSA) is 81.5 Å². The second-order valence-corrected chi connectivity index (χ2v) is 5.84. The number of rotatable bonds is 3. The second kappa shape index (κ2) is 4.80. The van der Waals surface area contributed by atoms with Crippen molar-refractivity contribution in [3.8, 4) is 6.07 Å². The van der Waals surface area contributed by atoms with Crippen molar-refractivity contribution in [3.63, 3.8) is 0 Å². The summed E-state index contributed by atoms with van der Waals surface area (Å²) in [6.07, 6.45) is 0.235. The first-order valence-electron chi connectivity index (χ1n) is 5.06. The van der Waals surface area contributed by atoms with Crippen LogP contribution in [0.5, 0.6) is 0 Å². The van der Waals surface area contributed by atoms with Gasteiger partial charge in [0.05, 0.1) is 12.6 Å². The Kier molecular flexibility index (Phi) is 3.88. The summed E-state index contributed by atoms with van der Waals surface area (Å²) in [7, 11) is -2.02. The Labute approximate surface area is 95.5 Å². The first-order valence-corrected chi connectivity index (χ1v) is 6.56. The summed E-state index contributed by atoms with van der Waals surface area (Å²) >= 11 is 0. The molecule has 1 aliphatic heterocycles. The van der Waals surface area contributed by atoms with Crippen LogP contribution in [0.2, 0.25) is 0 Å². The van der Waals surface area contributed by atoms with Gasteiger partial charge in [-0.2, -0.15) is 9.57 Å². The predicted octanol–water partition coefficient (Wildman–Crippen LogP) is -0.608. The molecule has 0 aromatic rings. The molecule has 7 heteroatoms. The third kappa shape index (κ3) is 2.33. The van der Waals surface area contributed by atoms with Crippen molar-refractivity contribution in [2.45, 2.75) is 18.6 Å². The fraction of sp³-hybridized carbons (Fsp3) is 0.778. The van der Waals surface area contributed by atoms with E-state index in [1.165, 1.54) is 4.90 Å². The van der Waals surface area contributed by atoms with Crippen LogP contribution in [-0.4, -0.2) is 55.5 Å². The van der Waals surface area contributed by atoms with E-state index in [4.69, 9.17) is 5.26 Å². The Morgan fingerprint density at radius 2 is 2.12 bits per heavy atom. The zero-order valence-electron chi connectivity index (χ0n) is 9.38. The van der Waals surface area contributed by atoms with E-state index in [2.05, 4.69) is 0 Å². The lowest BCUT2D eigenvalue weighted by molar-refractivity contribution is -0.132. The second-order valence-electron chi connectivity index (χ2n) is 3.72. The SMILES string of the molecule is CCC(C#N)S(=O)(=O)N1CCN(C)C(=O)C1. The molecule has 1 rings (SSSR count). The highest BCUT2D eigenvalue weighted by molar-refractivity contribution is 7.90. The molecule has 0 aromatic heterocycles. The monoisotopic (exact) mass is 245 g/mol. The number of hydrogen-bond donors (Lipinski definition) is 0. The van der Waals surface area contributed by atoms with Gasteiger partial charge in [-0.1, -0.05) is 6.92 Å². The lowest BCUT2D eigenvalue weighted by Crippen LogP contribution is -2.52. The first kappa shape index (κ1) is 12.9. The molecular formula is C9H15N3O3S. The normalized spacial score (nSPS) is 20.6. The molecular weight excluding hydrogens is 230 g/mol. The van der Waals surface area contributed by atoms with Crippen LogP contribution in [0.4, 0.5) is 0 Å². The number of hydrogen-bond acceptors (Lipinski definition) is 4. The third-order valence-electron chi connectivity index (χ3n) is 2.66. The molecule has 1 saturated heterocycles. The molecule has 0 radical (unpaired) electrons. The quantitative estimate of drug-likeness (QED) is 0.664. The maximum Gasteiger partial charge on any atom is 0.237 e. The molecule has 0 bridgehead atoms. The number of likely N-dealkylation sites (N-methyl/N-ethyl adjacent to an activating group) is 1. The highest BCUT2D eigenvalue weighted by atomic mass is 32.2. The molecule has 0 aliphatic carbocycles. The predicted molar refractivity (Wildman–Crippen MR) is 57.8 cm³/mol. The third-order valence-corrected chi connectivity index (χ3v) is 4.85. The highest BCUT2D eigenvalue weighted by Crippen LogP contribution is 2.14. The van der Waals surface area contributed by atoms with E-state index in [0.717, 1.165) is 4.31 Å². The van der Waals surface area contributed by atoms with E-state index in [-0.39, 0.29) is 25.4 Å². The number of nitriles is 1. The molecule has 1 heterocycles. The van der Waals surface area contributed by atoms with Gasteiger partial charge in [-0.3, -0.25) is 4.79 Å². The van der Waals surface area contributed by atoms with Crippen molar-refractivity contribution in [2.75, 3.05) is 26.7 Å². The van der Waals surface area contributed by atoms with E-state index < -0.39 is 15.3 Å². The molecule has 0 aromatic carbocycles. The van der Waals surface area contributed by atoms with E-state index in [1.807, 2.05) is 0 Å². The summed E-state index contributed by atoms with van der Waals surface area (Å²) in [4.78, 5) is 12.9. The van der Waals surface area contributed by atoms with E-state index in [9.17, 15) is 13.2 Å². The Morgan fingerprint density at radius 1 is 1.50 bits per heavy atom. The molecule has 0 saturated carbocycles. The van der Waals surface area contributed by atoms with Crippen LogP contribution < -0.4 is 0 Å². The van der Waals surface area contributed by atoms with E-state index in [1.54, 1.807) is 20.0 Å². The van der Waals surface area contributed by atoms with Crippen molar-refractivity contribution in [1.29, 1.82) is 5.26 Å². The lowest BCUT2D eigenvalue weighted by atomic mass is 10.4. The minimum Gasteiger partial charge on any atom is -0.343 e. The maximum absolute atomic E-state index is 11.9. The van der Waals surface area contributed by atoms with Crippen LogP contribution in [0.15, 0.2) is 0 Å².